The molecule has 1 saturated carbocycles. The molecule has 0 spiro atoms. The molecule has 1 aliphatic rings. The zero-order chi connectivity index (χ0) is 7.61. The summed E-state index contributed by atoms with van der Waals surface area (Å²) in [4.78, 5) is 10.6. The van der Waals surface area contributed by atoms with Gasteiger partial charge in [0.2, 0.25) is 0 Å². The second-order valence-electron chi connectivity index (χ2n) is 2.83. The molecule has 60 valence electrons. The van der Waals surface area contributed by atoms with Gasteiger partial charge < -0.3 is 5.11 Å². The second-order valence-corrected chi connectivity index (χ2v) is 4.35. The van der Waals surface area contributed by atoms with Gasteiger partial charge >= 0.3 is 5.97 Å². The number of hydrogen-bond donors (Lipinski definition) is 1. The zero-order valence-electron chi connectivity index (χ0n) is 6.48. The van der Waals surface area contributed by atoms with Gasteiger partial charge in [0.15, 0.2) is 0 Å². The molecule has 0 amide bonds. The molecule has 0 heterocycles. The molecule has 0 radical (unpaired) electrons. The van der Waals surface area contributed by atoms with E-state index in [9.17, 15) is 4.79 Å². The van der Waals surface area contributed by atoms with E-state index in [0.29, 0.717) is 0 Å². The molecule has 2 nitrogen and oxygen atoms in total. The van der Waals surface area contributed by atoms with Crippen molar-refractivity contribution in [2.45, 2.75) is 36.4 Å². The van der Waals surface area contributed by atoms with Crippen molar-refractivity contribution < 1.29 is 37.6 Å². The van der Waals surface area contributed by atoms with E-state index in [1.165, 1.54) is 6.42 Å². The molecule has 0 aromatic rings. The molecule has 0 aromatic heterocycles. The van der Waals surface area contributed by atoms with Gasteiger partial charge in [-0.15, -0.1) is 0 Å². The van der Waals surface area contributed by atoms with E-state index >= 15 is 0 Å². The summed E-state index contributed by atoms with van der Waals surface area (Å²) in [6, 6.07) is 0. The average Bonchev–Trinajstić information content (AvgIpc) is 1.89. The van der Waals surface area contributed by atoms with Crippen molar-refractivity contribution in [3.63, 3.8) is 0 Å². The summed E-state index contributed by atoms with van der Waals surface area (Å²) in [5.41, 5.74) is 0. The first-order valence-corrected chi connectivity index (χ1v) is 4.37. The molecule has 0 atom stereocenters. The fourth-order valence-electron chi connectivity index (χ4n) is 1.33. The molecule has 0 bridgehead atoms. The Hall–Kier alpha value is 0.885. The number of hydrogen-bond acceptors (Lipinski definition) is 1. The number of carbonyl (C=O) groups is 1. The largest absolute Gasteiger partial charge is 0.480 e. The average molecular weight is 408 g/mol. The van der Waals surface area contributed by atoms with E-state index in [2.05, 4.69) is 15.9 Å². The molecule has 0 unspecified atom stereocenters. The van der Waals surface area contributed by atoms with Crippen LogP contribution in [0.25, 0.3) is 0 Å². The Balaban J connectivity index is 0.000001000. The predicted octanol–water partition coefficient (Wildman–Crippen LogP) is 2.17. The topological polar surface area (TPSA) is 37.3 Å². The molecule has 1 N–H and O–H groups in total. The van der Waals surface area contributed by atoms with E-state index in [1.54, 1.807) is 0 Å². The van der Waals surface area contributed by atoms with Gasteiger partial charge in [-0.2, -0.15) is 0 Å². The minimum Gasteiger partial charge on any atom is -0.480 e. The zero-order valence-corrected chi connectivity index (χ0v) is 13.6. The van der Waals surface area contributed by atoms with Gasteiger partial charge in [0, 0.05) is 27.7 Å². The van der Waals surface area contributed by atoms with Crippen molar-refractivity contribution in [3.05, 3.63) is 0 Å². The number of alkyl halides is 1. The third-order valence-electron chi connectivity index (χ3n) is 2.03. The van der Waals surface area contributed by atoms with E-state index in [0.717, 1.165) is 25.7 Å². The van der Waals surface area contributed by atoms with Crippen LogP contribution in [0.15, 0.2) is 0 Å². The van der Waals surface area contributed by atoms with Crippen LogP contribution < -0.4 is 0 Å². The van der Waals surface area contributed by atoms with E-state index in [1.807, 2.05) is 0 Å². The molecular weight excluding hydrogens is 397 g/mol. The molecule has 0 saturated heterocycles. The van der Waals surface area contributed by atoms with Crippen molar-refractivity contribution in [2.75, 3.05) is 0 Å². The summed E-state index contributed by atoms with van der Waals surface area (Å²) in [5, 5.41) is 8.75. The molecule has 4 heteroatoms. The molecular formula is C7H11BrHgO2. The standard InChI is InChI=1S/C7H11BrO2.Hg/c8-7(6(9)10)4-2-1-3-5-7;/h1-5H2,(H,9,10);. The molecule has 1 aliphatic carbocycles. The first-order chi connectivity index (χ1) is 4.65. The predicted molar refractivity (Wildman–Crippen MR) is 42.4 cm³/mol. The Bertz CT molecular complexity index is 143. The summed E-state index contributed by atoms with van der Waals surface area (Å²) >= 11 is 3.26. The fourth-order valence-corrected chi connectivity index (χ4v) is 1.89. The summed E-state index contributed by atoms with van der Waals surface area (Å²) < 4.78 is -0.592. The van der Waals surface area contributed by atoms with Crippen LogP contribution in [0.5, 0.6) is 0 Å². The number of rotatable bonds is 1. The molecule has 1 rings (SSSR count). The molecule has 11 heavy (non-hydrogen) atoms. The van der Waals surface area contributed by atoms with Gasteiger partial charge in [-0.25, -0.2) is 0 Å². The number of carboxylic acid groups (broad SMARTS) is 1. The maximum Gasteiger partial charge on any atom is 0.320 e. The van der Waals surface area contributed by atoms with Crippen LogP contribution in [0.4, 0.5) is 0 Å². The third-order valence-corrected chi connectivity index (χ3v) is 3.16. The van der Waals surface area contributed by atoms with Gasteiger partial charge in [-0.3, -0.25) is 4.79 Å². The SMILES string of the molecule is O=C(O)C1(Br)CCCCC1.[Hg]. The number of aliphatic carboxylic acids is 1. The van der Waals surface area contributed by atoms with Crippen molar-refractivity contribution >= 4 is 21.9 Å². The number of halogens is 1. The van der Waals surface area contributed by atoms with Crippen LogP contribution in [0.1, 0.15) is 32.1 Å². The van der Waals surface area contributed by atoms with Crippen LogP contribution in [0, 0.1) is 0 Å². The Morgan fingerprint density at radius 2 is 1.73 bits per heavy atom. The van der Waals surface area contributed by atoms with Gasteiger partial charge in [0.05, 0.1) is 0 Å². The molecule has 0 aliphatic heterocycles. The summed E-state index contributed by atoms with van der Waals surface area (Å²) in [6.45, 7) is 0. The van der Waals surface area contributed by atoms with Crippen LogP contribution in [0.2, 0.25) is 0 Å². The Labute approximate surface area is 95.4 Å². The Morgan fingerprint density at radius 3 is 2.00 bits per heavy atom. The van der Waals surface area contributed by atoms with E-state index in [-0.39, 0.29) is 27.7 Å². The maximum absolute atomic E-state index is 10.6. The van der Waals surface area contributed by atoms with E-state index < -0.39 is 10.3 Å². The van der Waals surface area contributed by atoms with Crippen LogP contribution in [-0.4, -0.2) is 15.4 Å². The Morgan fingerprint density at radius 1 is 1.27 bits per heavy atom. The smallest absolute Gasteiger partial charge is 0.320 e. The monoisotopic (exact) mass is 408 g/mol. The van der Waals surface area contributed by atoms with Gasteiger partial charge in [0.1, 0.15) is 4.32 Å². The van der Waals surface area contributed by atoms with Crippen LogP contribution in [0.3, 0.4) is 0 Å². The summed E-state index contributed by atoms with van der Waals surface area (Å²) in [5.74, 6) is -0.702. The fraction of sp³-hybridized carbons (Fsp3) is 0.857. The first-order valence-electron chi connectivity index (χ1n) is 3.57. The number of carboxylic acids is 1. The maximum atomic E-state index is 10.6. The summed E-state index contributed by atoms with van der Waals surface area (Å²) in [7, 11) is 0. The first kappa shape index (κ1) is 11.9. The van der Waals surface area contributed by atoms with Crippen LogP contribution in [-0.2, 0) is 32.5 Å². The van der Waals surface area contributed by atoms with E-state index in [4.69, 9.17) is 5.11 Å². The van der Waals surface area contributed by atoms with Gasteiger partial charge in [-0.05, 0) is 12.8 Å². The Kier molecular flexibility index (Phi) is 5.19. The normalized spacial score (nSPS) is 21.9. The minimum absolute atomic E-state index is 0. The van der Waals surface area contributed by atoms with Crippen LogP contribution >= 0.6 is 15.9 Å². The molecule has 1 fully saturated rings. The van der Waals surface area contributed by atoms with Gasteiger partial charge in [0.25, 0.3) is 0 Å². The minimum atomic E-state index is -0.702. The van der Waals surface area contributed by atoms with Crippen molar-refractivity contribution in [1.82, 2.24) is 0 Å². The third kappa shape index (κ3) is 3.01. The summed E-state index contributed by atoms with van der Waals surface area (Å²) in [6.07, 6.45) is 4.82. The van der Waals surface area contributed by atoms with Crippen molar-refractivity contribution in [3.8, 4) is 0 Å². The van der Waals surface area contributed by atoms with Crippen molar-refractivity contribution in [2.24, 2.45) is 0 Å². The second kappa shape index (κ2) is 4.80. The molecule has 0 aromatic carbocycles. The van der Waals surface area contributed by atoms with Crippen molar-refractivity contribution in [1.29, 1.82) is 0 Å². The quantitative estimate of drug-likeness (QED) is 0.534. The van der Waals surface area contributed by atoms with Gasteiger partial charge in [-0.1, -0.05) is 35.2 Å².